The first-order chi connectivity index (χ1) is 7.65. The van der Waals surface area contributed by atoms with E-state index in [1.54, 1.807) is 18.9 Å². The molecule has 1 rings (SSSR count). The van der Waals surface area contributed by atoms with Crippen molar-refractivity contribution in [2.24, 2.45) is 5.73 Å². The van der Waals surface area contributed by atoms with E-state index in [2.05, 4.69) is 6.07 Å². The van der Waals surface area contributed by atoms with E-state index in [0.29, 0.717) is 0 Å². The van der Waals surface area contributed by atoms with Gasteiger partial charge < -0.3 is 10.5 Å². The van der Waals surface area contributed by atoms with Crippen LogP contribution in [-0.2, 0) is 11.2 Å². The lowest BCUT2D eigenvalue weighted by Crippen LogP contribution is -2.18. The number of hydrogen-bond donors (Lipinski definition) is 1. The smallest absolute Gasteiger partial charge is 0.0556 e. The topological polar surface area (TPSA) is 35.2 Å². The number of rotatable bonds is 6. The Morgan fingerprint density at radius 1 is 1.50 bits per heavy atom. The maximum Gasteiger partial charge on any atom is 0.0556 e. The van der Waals surface area contributed by atoms with Gasteiger partial charge in [-0.3, -0.25) is 0 Å². The van der Waals surface area contributed by atoms with Crippen LogP contribution in [0.2, 0.25) is 5.02 Å². The molecule has 1 aromatic carbocycles. The van der Waals surface area contributed by atoms with Crippen molar-refractivity contribution in [1.29, 1.82) is 0 Å². The van der Waals surface area contributed by atoms with E-state index in [0.717, 1.165) is 28.7 Å². The first-order valence-electron chi connectivity index (χ1n) is 5.30. The second-order valence-corrected chi connectivity index (χ2v) is 5.26. The molecule has 0 saturated carbocycles. The van der Waals surface area contributed by atoms with Crippen molar-refractivity contribution < 1.29 is 4.74 Å². The summed E-state index contributed by atoms with van der Waals surface area (Å²) in [4.78, 5) is 1.14. The fourth-order valence-electron chi connectivity index (χ4n) is 1.45. The van der Waals surface area contributed by atoms with Crippen molar-refractivity contribution in [3.05, 3.63) is 28.8 Å². The predicted octanol–water partition coefficient (Wildman–Crippen LogP) is 2.97. The van der Waals surface area contributed by atoms with E-state index in [9.17, 15) is 0 Å². The second kappa shape index (κ2) is 7.17. The summed E-state index contributed by atoms with van der Waals surface area (Å²) in [6.45, 7) is 2.73. The molecular formula is C12H18ClNOS. The highest BCUT2D eigenvalue weighted by Crippen LogP contribution is 2.31. The highest BCUT2D eigenvalue weighted by molar-refractivity contribution is 7.99. The molecule has 0 aliphatic rings. The average molecular weight is 260 g/mol. The van der Waals surface area contributed by atoms with Gasteiger partial charge in [-0.15, -0.1) is 11.8 Å². The number of ether oxygens (including phenoxy) is 1. The summed E-state index contributed by atoms with van der Waals surface area (Å²) in [5, 5.41) is 0.805. The zero-order valence-electron chi connectivity index (χ0n) is 9.70. The molecule has 0 aliphatic carbocycles. The SMILES string of the molecule is COCCSc1c(Cl)cccc1CC(C)N. The van der Waals surface area contributed by atoms with E-state index < -0.39 is 0 Å². The molecule has 0 saturated heterocycles. The third-order valence-corrected chi connectivity index (χ3v) is 3.69. The molecule has 1 atom stereocenters. The monoisotopic (exact) mass is 259 g/mol. The summed E-state index contributed by atoms with van der Waals surface area (Å²) in [5.74, 6) is 0.909. The van der Waals surface area contributed by atoms with Gasteiger partial charge in [0.05, 0.1) is 11.6 Å². The quantitative estimate of drug-likeness (QED) is 0.630. The molecule has 90 valence electrons. The molecule has 0 bridgehead atoms. The lowest BCUT2D eigenvalue weighted by atomic mass is 10.1. The molecule has 0 fully saturated rings. The Morgan fingerprint density at radius 3 is 2.88 bits per heavy atom. The Hall–Kier alpha value is -0.220. The Bertz CT molecular complexity index is 331. The van der Waals surface area contributed by atoms with Gasteiger partial charge in [-0.1, -0.05) is 23.7 Å². The van der Waals surface area contributed by atoms with Crippen molar-refractivity contribution in [2.75, 3.05) is 19.5 Å². The predicted molar refractivity (Wildman–Crippen MR) is 71.4 cm³/mol. The number of halogens is 1. The molecule has 0 amide bonds. The van der Waals surface area contributed by atoms with Gasteiger partial charge in [-0.05, 0) is 25.0 Å². The van der Waals surface area contributed by atoms with Gasteiger partial charge in [0.1, 0.15) is 0 Å². The first kappa shape index (κ1) is 13.8. The van der Waals surface area contributed by atoms with Gasteiger partial charge >= 0.3 is 0 Å². The van der Waals surface area contributed by atoms with Crippen LogP contribution in [0.4, 0.5) is 0 Å². The standard InChI is InChI=1S/C12H18ClNOS/c1-9(14)8-10-4-3-5-11(13)12(10)16-7-6-15-2/h3-5,9H,6-8,14H2,1-2H3. The largest absolute Gasteiger partial charge is 0.384 e. The maximum atomic E-state index is 6.19. The molecule has 1 aromatic rings. The normalized spacial score (nSPS) is 12.8. The summed E-state index contributed by atoms with van der Waals surface area (Å²) in [5.41, 5.74) is 7.05. The lowest BCUT2D eigenvalue weighted by molar-refractivity contribution is 0.218. The molecule has 2 nitrogen and oxygen atoms in total. The Labute approximate surface area is 107 Å². The molecule has 2 N–H and O–H groups in total. The minimum atomic E-state index is 0.153. The number of thioether (sulfide) groups is 1. The van der Waals surface area contributed by atoms with Gasteiger partial charge in [0, 0.05) is 23.8 Å². The van der Waals surface area contributed by atoms with Crippen LogP contribution in [0.3, 0.4) is 0 Å². The van der Waals surface area contributed by atoms with Crippen molar-refractivity contribution in [1.82, 2.24) is 0 Å². The fraction of sp³-hybridized carbons (Fsp3) is 0.500. The fourth-order valence-corrected chi connectivity index (χ4v) is 2.80. The summed E-state index contributed by atoms with van der Waals surface area (Å²) in [6.07, 6.45) is 0.857. The zero-order chi connectivity index (χ0) is 12.0. The molecule has 0 aromatic heterocycles. The van der Waals surface area contributed by atoms with E-state index in [-0.39, 0.29) is 6.04 Å². The molecule has 0 heterocycles. The van der Waals surface area contributed by atoms with Gasteiger partial charge in [-0.2, -0.15) is 0 Å². The molecular weight excluding hydrogens is 242 g/mol. The van der Waals surface area contributed by atoms with Crippen LogP contribution in [0.15, 0.2) is 23.1 Å². The number of benzene rings is 1. The van der Waals surface area contributed by atoms with E-state index in [1.165, 1.54) is 5.56 Å². The molecule has 4 heteroatoms. The lowest BCUT2D eigenvalue weighted by Gasteiger charge is -2.12. The third kappa shape index (κ3) is 4.34. The molecule has 16 heavy (non-hydrogen) atoms. The maximum absolute atomic E-state index is 6.19. The zero-order valence-corrected chi connectivity index (χ0v) is 11.3. The molecule has 0 aliphatic heterocycles. The Kier molecular flexibility index (Phi) is 6.21. The van der Waals surface area contributed by atoms with Crippen LogP contribution < -0.4 is 5.73 Å². The van der Waals surface area contributed by atoms with Gasteiger partial charge in [0.15, 0.2) is 0 Å². The van der Waals surface area contributed by atoms with Crippen LogP contribution >= 0.6 is 23.4 Å². The van der Waals surface area contributed by atoms with Crippen LogP contribution in [0.1, 0.15) is 12.5 Å². The summed E-state index contributed by atoms with van der Waals surface area (Å²) < 4.78 is 5.04. The van der Waals surface area contributed by atoms with Crippen molar-refractivity contribution in [3.63, 3.8) is 0 Å². The van der Waals surface area contributed by atoms with E-state index >= 15 is 0 Å². The van der Waals surface area contributed by atoms with Crippen molar-refractivity contribution >= 4 is 23.4 Å². The molecule has 0 spiro atoms. The minimum absolute atomic E-state index is 0.153. The summed E-state index contributed by atoms with van der Waals surface area (Å²) in [6, 6.07) is 6.13. The van der Waals surface area contributed by atoms with Crippen LogP contribution in [0.5, 0.6) is 0 Å². The average Bonchev–Trinajstić information content (AvgIpc) is 2.21. The number of hydrogen-bond acceptors (Lipinski definition) is 3. The van der Waals surface area contributed by atoms with Gasteiger partial charge in [0.2, 0.25) is 0 Å². The molecule has 1 unspecified atom stereocenters. The highest BCUT2D eigenvalue weighted by atomic mass is 35.5. The highest BCUT2D eigenvalue weighted by Gasteiger charge is 2.09. The third-order valence-electron chi connectivity index (χ3n) is 2.12. The van der Waals surface area contributed by atoms with E-state index in [1.807, 2.05) is 19.1 Å². The van der Waals surface area contributed by atoms with E-state index in [4.69, 9.17) is 22.1 Å². The molecule has 0 radical (unpaired) electrons. The minimum Gasteiger partial charge on any atom is -0.384 e. The van der Waals surface area contributed by atoms with Gasteiger partial charge in [0.25, 0.3) is 0 Å². The van der Waals surface area contributed by atoms with Crippen molar-refractivity contribution in [2.45, 2.75) is 24.3 Å². The second-order valence-electron chi connectivity index (χ2n) is 3.75. The number of methoxy groups -OCH3 is 1. The first-order valence-corrected chi connectivity index (χ1v) is 6.66. The summed E-state index contributed by atoms with van der Waals surface area (Å²) in [7, 11) is 1.70. The van der Waals surface area contributed by atoms with Crippen LogP contribution in [0.25, 0.3) is 0 Å². The van der Waals surface area contributed by atoms with Gasteiger partial charge in [-0.25, -0.2) is 0 Å². The number of nitrogens with two attached hydrogens (primary N) is 1. The van der Waals surface area contributed by atoms with Crippen molar-refractivity contribution in [3.8, 4) is 0 Å². The Morgan fingerprint density at radius 2 is 2.25 bits per heavy atom. The van der Waals surface area contributed by atoms with Crippen LogP contribution in [-0.4, -0.2) is 25.5 Å². The Balaban J connectivity index is 2.77. The summed E-state index contributed by atoms with van der Waals surface area (Å²) >= 11 is 7.92. The van der Waals surface area contributed by atoms with Crippen LogP contribution in [0, 0.1) is 0 Å².